The number of amides is 1. The summed E-state index contributed by atoms with van der Waals surface area (Å²) in [5, 5.41) is 0. The van der Waals surface area contributed by atoms with Gasteiger partial charge in [-0.15, -0.1) is 0 Å². The minimum atomic E-state index is -2.57. The van der Waals surface area contributed by atoms with Crippen LogP contribution in [0.4, 0.5) is 8.78 Å². The van der Waals surface area contributed by atoms with Crippen LogP contribution >= 0.6 is 0 Å². The predicted octanol–water partition coefficient (Wildman–Crippen LogP) is 1.51. The predicted molar refractivity (Wildman–Crippen MR) is 59.0 cm³/mol. The Morgan fingerprint density at radius 1 is 1.59 bits per heavy atom. The van der Waals surface area contributed by atoms with Crippen molar-refractivity contribution in [3.05, 3.63) is 23.7 Å². The quantitative estimate of drug-likeness (QED) is 0.827. The molecule has 0 saturated heterocycles. The number of halogens is 2. The highest BCUT2D eigenvalue weighted by molar-refractivity contribution is 5.95. The number of alkyl halides is 2. The van der Waals surface area contributed by atoms with Gasteiger partial charge in [0.15, 0.2) is 0 Å². The SMILES string of the molecule is CCc1occc1C(=O)N(CCN)CC(F)F. The van der Waals surface area contributed by atoms with E-state index >= 15 is 0 Å². The molecule has 0 unspecified atom stereocenters. The summed E-state index contributed by atoms with van der Waals surface area (Å²) in [7, 11) is 0. The van der Waals surface area contributed by atoms with Gasteiger partial charge in [-0.3, -0.25) is 4.79 Å². The van der Waals surface area contributed by atoms with Crippen LogP contribution in [0.5, 0.6) is 0 Å². The van der Waals surface area contributed by atoms with Crippen molar-refractivity contribution in [2.75, 3.05) is 19.6 Å². The van der Waals surface area contributed by atoms with E-state index in [2.05, 4.69) is 0 Å². The molecular weight excluding hydrogens is 230 g/mol. The maximum absolute atomic E-state index is 12.3. The lowest BCUT2D eigenvalue weighted by atomic mass is 10.2. The van der Waals surface area contributed by atoms with Gasteiger partial charge in [0.05, 0.1) is 18.4 Å². The minimum absolute atomic E-state index is 0.109. The molecule has 4 nitrogen and oxygen atoms in total. The lowest BCUT2D eigenvalue weighted by Crippen LogP contribution is -2.38. The van der Waals surface area contributed by atoms with Crippen molar-refractivity contribution in [2.45, 2.75) is 19.8 Å². The number of rotatable bonds is 6. The number of aryl methyl sites for hydroxylation is 1. The van der Waals surface area contributed by atoms with E-state index in [1.54, 1.807) is 0 Å². The Balaban J connectivity index is 2.83. The van der Waals surface area contributed by atoms with E-state index in [0.717, 1.165) is 4.90 Å². The molecule has 0 aliphatic carbocycles. The summed E-state index contributed by atoms with van der Waals surface area (Å²) in [6.45, 7) is 1.48. The van der Waals surface area contributed by atoms with E-state index in [0.29, 0.717) is 17.7 Å². The zero-order valence-electron chi connectivity index (χ0n) is 9.66. The van der Waals surface area contributed by atoms with Gasteiger partial charge in [-0.2, -0.15) is 0 Å². The molecule has 1 rings (SSSR count). The molecule has 0 radical (unpaired) electrons. The highest BCUT2D eigenvalue weighted by Crippen LogP contribution is 2.14. The zero-order chi connectivity index (χ0) is 12.8. The molecule has 0 aromatic carbocycles. The summed E-state index contributed by atoms with van der Waals surface area (Å²) in [5.41, 5.74) is 5.64. The van der Waals surface area contributed by atoms with Gasteiger partial charge in [-0.05, 0) is 6.07 Å². The van der Waals surface area contributed by atoms with Gasteiger partial charge in [0.1, 0.15) is 5.76 Å². The molecule has 1 heterocycles. The molecule has 6 heteroatoms. The van der Waals surface area contributed by atoms with Gasteiger partial charge in [-0.25, -0.2) is 8.78 Å². The second-order valence-corrected chi connectivity index (χ2v) is 3.54. The van der Waals surface area contributed by atoms with Crippen molar-refractivity contribution in [1.29, 1.82) is 0 Å². The van der Waals surface area contributed by atoms with Crippen LogP contribution in [0.1, 0.15) is 23.0 Å². The maximum Gasteiger partial charge on any atom is 0.257 e. The van der Waals surface area contributed by atoms with E-state index in [-0.39, 0.29) is 13.1 Å². The van der Waals surface area contributed by atoms with Crippen LogP contribution in [0.2, 0.25) is 0 Å². The second kappa shape index (κ2) is 6.34. The van der Waals surface area contributed by atoms with Crippen LogP contribution in [0.15, 0.2) is 16.7 Å². The summed E-state index contributed by atoms with van der Waals surface area (Å²) in [5.74, 6) is 0.0487. The van der Waals surface area contributed by atoms with Crippen molar-refractivity contribution >= 4 is 5.91 Å². The van der Waals surface area contributed by atoms with E-state index in [4.69, 9.17) is 10.2 Å². The molecule has 0 bridgehead atoms. The van der Waals surface area contributed by atoms with Gasteiger partial charge in [0, 0.05) is 19.5 Å². The fourth-order valence-corrected chi connectivity index (χ4v) is 1.57. The van der Waals surface area contributed by atoms with Gasteiger partial charge < -0.3 is 15.1 Å². The van der Waals surface area contributed by atoms with E-state index in [1.165, 1.54) is 12.3 Å². The summed E-state index contributed by atoms with van der Waals surface area (Å²) >= 11 is 0. The maximum atomic E-state index is 12.3. The first-order valence-corrected chi connectivity index (χ1v) is 5.44. The fourth-order valence-electron chi connectivity index (χ4n) is 1.57. The Labute approximate surface area is 98.4 Å². The summed E-state index contributed by atoms with van der Waals surface area (Å²) in [6, 6.07) is 1.50. The van der Waals surface area contributed by atoms with E-state index in [1.807, 2.05) is 6.92 Å². The van der Waals surface area contributed by atoms with Crippen LogP contribution in [0, 0.1) is 0 Å². The van der Waals surface area contributed by atoms with Gasteiger partial charge >= 0.3 is 0 Å². The molecule has 0 aliphatic rings. The Hall–Kier alpha value is -1.43. The first kappa shape index (κ1) is 13.6. The molecule has 1 amide bonds. The number of carbonyl (C=O) groups is 1. The molecule has 0 saturated carbocycles. The molecule has 0 fully saturated rings. The Bertz CT molecular complexity index is 366. The first-order chi connectivity index (χ1) is 8.10. The lowest BCUT2D eigenvalue weighted by Gasteiger charge is -2.21. The average Bonchev–Trinajstić information content (AvgIpc) is 2.74. The number of nitrogens with zero attached hydrogens (tertiary/aromatic N) is 1. The van der Waals surface area contributed by atoms with Crippen LogP contribution in [-0.2, 0) is 6.42 Å². The van der Waals surface area contributed by atoms with Crippen LogP contribution in [-0.4, -0.2) is 36.9 Å². The number of furan rings is 1. The van der Waals surface area contributed by atoms with Gasteiger partial charge in [-0.1, -0.05) is 6.92 Å². The number of hydrogen-bond donors (Lipinski definition) is 1. The topological polar surface area (TPSA) is 59.5 Å². The largest absolute Gasteiger partial charge is 0.469 e. The summed E-state index contributed by atoms with van der Waals surface area (Å²) < 4.78 is 29.8. The monoisotopic (exact) mass is 246 g/mol. The van der Waals surface area contributed by atoms with Crippen LogP contribution in [0.25, 0.3) is 0 Å². The second-order valence-electron chi connectivity index (χ2n) is 3.54. The molecule has 96 valence electrons. The Morgan fingerprint density at radius 3 is 2.82 bits per heavy atom. The molecule has 1 aromatic rings. The molecule has 1 aromatic heterocycles. The van der Waals surface area contributed by atoms with Crippen molar-refractivity contribution in [1.82, 2.24) is 4.90 Å². The lowest BCUT2D eigenvalue weighted by molar-refractivity contribution is 0.0561. The number of hydrogen-bond acceptors (Lipinski definition) is 3. The highest BCUT2D eigenvalue weighted by Gasteiger charge is 2.22. The molecule has 0 atom stereocenters. The third-order valence-electron chi connectivity index (χ3n) is 2.34. The molecular formula is C11H16F2N2O2. The van der Waals surface area contributed by atoms with Crippen molar-refractivity contribution in [3.63, 3.8) is 0 Å². The van der Waals surface area contributed by atoms with E-state index < -0.39 is 18.9 Å². The molecule has 0 aliphatic heterocycles. The van der Waals surface area contributed by atoms with Crippen LogP contribution < -0.4 is 5.73 Å². The highest BCUT2D eigenvalue weighted by atomic mass is 19.3. The van der Waals surface area contributed by atoms with Crippen LogP contribution in [0.3, 0.4) is 0 Å². The Morgan fingerprint density at radius 2 is 2.29 bits per heavy atom. The van der Waals surface area contributed by atoms with Gasteiger partial charge in [0.25, 0.3) is 12.3 Å². The molecule has 2 N–H and O–H groups in total. The fraction of sp³-hybridized carbons (Fsp3) is 0.545. The smallest absolute Gasteiger partial charge is 0.257 e. The van der Waals surface area contributed by atoms with Gasteiger partial charge in [0.2, 0.25) is 0 Å². The average molecular weight is 246 g/mol. The summed E-state index contributed by atoms with van der Waals surface area (Å²) in [6.07, 6.45) is -0.642. The molecule has 17 heavy (non-hydrogen) atoms. The number of carbonyl (C=O) groups excluding carboxylic acids is 1. The Kier molecular flexibility index (Phi) is 5.09. The zero-order valence-corrected chi connectivity index (χ0v) is 9.66. The third kappa shape index (κ3) is 3.52. The van der Waals surface area contributed by atoms with Crippen molar-refractivity contribution in [2.24, 2.45) is 5.73 Å². The normalized spacial score (nSPS) is 10.9. The molecule has 0 spiro atoms. The number of nitrogens with two attached hydrogens (primary N) is 1. The standard InChI is InChI=1S/C11H16F2N2O2/c1-2-9-8(3-6-17-9)11(16)15(5-4-14)7-10(12)13/h3,6,10H,2,4-5,7,14H2,1H3. The van der Waals surface area contributed by atoms with Crippen molar-refractivity contribution in [3.8, 4) is 0 Å². The third-order valence-corrected chi connectivity index (χ3v) is 2.34. The van der Waals surface area contributed by atoms with E-state index in [9.17, 15) is 13.6 Å². The first-order valence-electron chi connectivity index (χ1n) is 5.44. The van der Waals surface area contributed by atoms with Crippen molar-refractivity contribution < 1.29 is 18.0 Å². The minimum Gasteiger partial charge on any atom is -0.469 e. The summed E-state index contributed by atoms with van der Waals surface area (Å²) in [4.78, 5) is 13.0.